The molecule has 0 saturated carbocycles. The minimum atomic E-state index is -0.572. The molecule has 1 rings (SSSR count). The first-order chi connectivity index (χ1) is 8.88. The molecule has 0 aliphatic heterocycles. The lowest BCUT2D eigenvalue weighted by molar-refractivity contribution is -0.384. The standard InChI is InChI=1S/C11H15ClN4O3/c1-7(2)5-14-11(17)6-13-10-4-8(16(18)19)3-9(12)15-10/h3-4,7H,5-6H2,1-2H3,(H,13,15)(H,14,17). The Kier molecular flexibility index (Phi) is 5.50. The Morgan fingerprint density at radius 3 is 2.79 bits per heavy atom. The molecule has 0 aliphatic rings. The van der Waals surface area contributed by atoms with Crippen LogP contribution in [0.25, 0.3) is 0 Å². The first-order valence-corrected chi connectivity index (χ1v) is 6.09. The highest BCUT2D eigenvalue weighted by atomic mass is 35.5. The third kappa shape index (κ3) is 5.52. The van der Waals surface area contributed by atoms with Crippen molar-refractivity contribution in [3.05, 3.63) is 27.4 Å². The van der Waals surface area contributed by atoms with Gasteiger partial charge in [-0.25, -0.2) is 4.98 Å². The molecule has 0 aliphatic carbocycles. The Morgan fingerprint density at radius 2 is 2.21 bits per heavy atom. The molecule has 0 spiro atoms. The van der Waals surface area contributed by atoms with Gasteiger partial charge in [-0.1, -0.05) is 25.4 Å². The summed E-state index contributed by atoms with van der Waals surface area (Å²) < 4.78 is 0. The van der Waals surface area contributed by atoms with E-state index < -0.39 is 4.92 Å². The summed E-state index contributed by atoms with van der Waals surface area (Å²) in [5, 5.41) is 16.0. The van der Waals surface area contributed by atoms with Gasteiger partial charge in [-0.3, -0.25) is 14.9 Å². The van der Waals surface area contributed by atoms with E-state index >= 15 is 0 Å². The summed E-state index contributed by atoms with van der Waals surface area (Å²) >= 11 is 5.66. The highest BCUT2D eigenvalue weighted by molar-refractivity contribution is 6.29. The molecule has 0 unspecified atom stereocenters. The molecular formula is C11H15ClN4O3. The van der Waals surface area contributed by atoms with Crippen molar-refractivity contribution in [2.45, 2.75) is 13.8 Å². The van der Waals surface area contributed by atoms with Gasteiger partial charge in [0.05, 0.1) is 23.6 Å². The van der Waals surface area contributed by atoms with Gasteiger partial charge in [0, 0.05) is 6.54 Å². The highest BCUT2D eigenvalue weighted by Gasteiger charge is 2.11. The van der Waals surface area contributed by atoms with E-state index in [1.807, 2.05) is 13.8 Å². The number of anilines is 1. The van der Waals surface area contributed by atoms with Crippen molar-refractivity contribution in [1.29, 1.82) is 0 Å². The minimum absolute atomic E-state index is 0.000659. The predicted octanol–water partition coefficient (Wildman–Crippen LogP) is 1.83. The summed E-state index contributed by atoms with van der Waals surface area (Å²) in [5.41, 5.74) is -0.176. The average molecular weight is 287 g/mol. The SMILES string of the molecule is CC(C)CNC(=O)CNc1cc([N+](=O)[O-])cc(Cl)n1. The molecule has 0 aromatic carbocycles. The summed E-state index contributed by atoms with van der Waals surface area (Å²) in [6.45, 7) is 4.52. The van der Waals surface area contributed by atoms with Crippen molar-refractivity contribution in [2.24, 2.45) is 5.92 Å². The molecule has 1 aromatic heterocycles. The maximum absolute atomic E-state index is 11.5. The molecule has 0 atom stereocenters. The van der Waals surface area contributed by atoms with Crippen molar-refractivity contribution in [3.63, 3.8) is 0 Å². The fourth-order valence-corrected chi connectivity index (χ4v) is 1.43. The summed E-state index contributed by atoms with van der Waals surface area (Å²) in [6.07, 6.45) is 0. The van der Waals surface area contributed by atoms with Gasteiger partial charge in [-0.2, -0.15) is 0 Å². The summed E-state index contributed by atoms with van der Waals surface area (Å²) in [6, 6.07) is 2.37. The second-order valence-electron chi connectivity index (χ2n) is 4.34. The number of hydrogen-bond donors (Lipinski definition) is 2. The van der Waals surface area contributed by atoms with E-state index in [0.29, 0.717) is 12.5 Å². The molecule has 0 bridgehead atoms. The number of hydrogen-bond acceptors (Lipinski definition) is 5. The van der Waals surface area contributed by atoms with Crippen LogP contribution in [0, 0.1) is 16.0 Å². The molecule has 19 heavy (non-hydrogen) atoms. The van der Waals surface area contributed by atoms with Gasteiger partial charge < -0.3 is 10.6 Å². The highest BCUT2D eigenvalue weighted by Crippen LogP contribution is 2.20. The molecule has 0 radical (unpaired) electrons. The van der Waals surface area contributed by atoms with Crippen LogP contribution in [0.4, 0.5) is 11.5 Å². The quantitative estimate of drug-likeness (QED) is 0.472. The van der Waals surface area contributed by atoms with Gasteiger partial charge in [0.15, 0.2) is 0 Å². The number of pyridine rings is 1. The van der Waals surface area contributed by atoms with Gasteiger partial charge in [0.1, 0.15) is 11.0 Å². The van der Waals surface area contributed by atoms with Gasteiger partial charge >= 0.3 is 0 Å². The topological polar surface area (TPSA) is 97.2 Å². The van der Waals surface area contributed by atoms with Gasteiger partial charge in [-0.15, -0.1) is 0 Å². The van der Waals surface area contributed by atoms with Crippen LogP contribution in [0.15, 0.2) is 12.1 Å². The Labute approximate surface area is 115 Å². The zero-order chi connectivity index (χ0) is 14.4. The second kappa shape index (κ2) is 6.89. The maximum Gasteiger partial charge on any atom is 0.276 e. The van der Waals surface area contributed by atoms with Crippen LogP contribution in [-0.4, -0.2) is 28.9 Å². The van der Waals surface area contributed by atoms with E-state index in [1.165, 1.54) is 6.07 Å². The Morgan fingerprint density at radius 1 is 1.53 bits per heavy atom. The molecule has 0 saturated heterocycles. The fourth-order valence-electron chi connectivity index (χ4n) is 1.23. The van der Waals surface area contributed by atoms with Crippen LogP contribution in [0.1, 0.15) is 13.8 Å². The van der Waals surface area contributed by atoms with Gasteiger partial charge in [0.25, 0.3) is 5.69 Å². The second-order valence-corrected chi connectivity index (χ2v) is 4.73. The molecule has 7 nitrogen and oxygen atoms in total. The molecule has 1 aromatic rings. The molecule has 2 N–H and O–H groups in total. The lowest BCUT2D eigenvalue weighted by Crippen LogP contribution is -2.32. The van der Waals surface area contributed by atoms with Crippen LogP contribution in [-0.2, 0) is 4.79 Å². The number of nitro groups is 1. The monoisotopic (exact) mass is 286 g/mol. The zero-order valence-corrected chi connectivity index (χ0v) is 11.4. The smallest absolute Gasteiger partial charge is 0.276 e. The summed E-state index contributed by atoms with van der Waals surface area (Å²) in [7, 11) is 0. The maximum atomic E-state index is 11.5. The fraction of sp³-hybridized carbons (Fsp3) is 0.455. The number of nitrogens with zero attached hydrogens (tertiary/aromatic N) is 2. The summed E-state index contributed by atoms with van der Waals surface area (Å²) in [4.78, 5) is 25.4. The van der Waals surface area contributed by atoms with E-state index in [4.69, 9.17) is 11.6 Å². The number of aromatic nitrogens is 1. The normalized spacial score (nSPS) is 10.3. The largest absolute Gasteiger partial charge is 0.361 e. The molecule has 1 heterocycles. The van der Waals surface area contributed by atoms with E-state index in [2.05, 4.69) is 15.6 Å². The number of rotatable bonds is 6. The summed E-state index contributed by atoms with van der Waals surface area (Å²) in [5.74, 6) is 0.339. The van der Waals surface area contributed by atoms with Crippen molar-refractivity contribution in [3.8, 4) is 0 Å². The lowest BCUT2D eigenvalue weighted by Gasteiger charge is -2.09. The number of halogens is 1. The third-order valence-corrected chi connectivity index (χ3v) is 2.32. The first kappa shape index (κ1) is 15.2. The van der Waals surface area contributed by atoms with Crippen molar-refractivity contribution < 1.29 is 9.72 Å². The number of amides is 1. The molecule has 0 fully saturated rings. The Balaban J connectivity index is 2.58. The van der Waals surface area contributed by atoms with Crippen molar-refractivity contribution >= 4 is 29.0 Å². The molecular weight excluding hydrogens is 272 g/mol. The van der Waals surface area contributed by atoms with Crippen molar-refractivity contribution in [2.75, 3.05) is 18.4 Å². The number of nitrogens with one attached hydrogen (secondary N) is 2. The Bertz CT molecular complexity index is 479. The third-order valence-electron chi connectivity index (χ3n) is 2.13. The molecule has 1 amide bonds. The minimum Gasteiger partial charge on any atom is -0.361 e. The number of carbonyl (C=O) groups is 1. The van der Waals surface area contributed by atoms with E-state index in [-0.39, 0.29) is 29.1 Å². The van der Waals surface area contributed by atoms with Gasteiger partial charge in [0.2, 0.25) is 5.91 Å². The zero-order valence-electron chi connectivity index (χ0n) is 10.6. The van der Waals surface area contributed by atoms with Crippen molar-refractivity contribution in [1.82, 2.24) is 10.3 Å². The predicted molar refractivity (Wildman–Crippen MR) is 72.2 cm³/mol. The van der Waals surface area contributed by atoms with Crippen LogP contribution in [0.5, 0.6) is 0 Å². The lowest BCUT2D eigenvalue weighted by atomic mass is 10.2. The van der Waals surface area contributed by atoms with E-state index in [1.54, 1.807) is 0 Å². The van der Waals surface area contributed by atoms with Gasteiger partial charge in [-0.05, 0) is 5.92 Å². The number of carbonyl (C=O) groups excluding carboxylic acids is 1. The van der Waals surface area contributed by atoms with Crippen LogP contribution >= 0.6 is 11.6 Å². The Hall–Kier alpha value is -1.89. The van der Waals surface area contributed by atoms with Crippen LogP contribution in [0.2, 0.25) is 5.15 Å². The first-order valence-electron chi connectivity index (χ1n) is 5.71. The van der Waals surface area contributed by atoms with Crippen LogP contribution in [0.3, 0.4) is 0 Å². The van der Waals surface area contributed by atoms with Crippen LogP contribution < -0.4 is 10.6 Å². The van der Waals surface area contributed by atoms with E-state index in [9.17, 15) is 14.9 Å². The molecule has 104 valence electrons. The average Bonchev–Trinajstić information content (AvgIpc) is 2.33. The van der Waals surface area contributed by atoms with E-state index in [0.717, 1.165) is 6.07 Å². The molecule has 8 heteroatoms.